The van der Waals surface area contributed by atoms with Crippen LogP contribution in [0.25, 0.3) is 0 Å². The fourth-order valence-electron chi connectivity index (χ4n) is 4.13. The van der Waals surface area contributed by atoms with Crippen molar-refractivity contribution in [2.45, 2.75) is 32.1 Å². The van der Waals surface area contributed by atoms with Crippen LogP contribution < -0.4 is 15.6 Å². The molecule has 8 heteroatoms. The summed E-state index contributed by atoms with van der Waals surface area (Å²) in [6, 6.07) is 4.57. The topological polar surface area (TPSA) is 93.7 Å². The van der Waals surface area contributed by atoms with Gasteiger partial charge in [-0.2, -0.15) is 0 Å². The third-order valence-electron chi connectivity index (χ3n) is 5.40. The van der Waals surface area contributed by atoms with Gasteiger partial charge in [0.15, 0.2) is 6.61 Å². The van der Waals surface area contributed by atoms with E-state index in [1.54, 1.807) is 12.1 Å². The van der Waals surface area contributed by atoms with Gasteiger partial charge in [0, 0.05) is 11.4 Å². The molecule has 0 unspecified atom stereocenters. The summed E-state index contributed by atoms with van der Waals surface area (Å²) in [5.74, 6) is 0.517. The predicted octanol–water partition coefficient (Wildman–Crippen LogP) is 2.48. The Bertz CT molecular complexity index is 739. The van der Waals surface area contributed by atoms with Crippen molar-refractivity contribution in [3.63, 3.8) is 0 Å². The molecule has 2 bridgehead atoms. The smallest absolute Gasteiger partial charge is 0.306 e. The molecule has 1 aromatic carbocycles. The first-order valence-corrected chi connectivity index (χ1v) is 9.42. The van der Waals surface area contributed by atoms with Crippen LogP contribution >= 0.6 is 11.6 Å². The van der Waals surface area contributed by atoms with Crippen molar-refractivity contribution in [1.82, 2.24) is 10.9 Å². The van der Waals surface area contributed by atoms with Crippen LogP contribution in [0, 0.1) is 17.8 Å². The minimum absolute atomic E-state index is 0.179. The highest BCUT2D eigenvalue weighted by Crippen LogP contribution is 2.49. The molecule has 146 valence electrons. The van der Waals surface area contributed by atoms with Crippen LogP contribution in [0.2, 0.25) is 5.02 Å². The highest BCUT2D eigenvalue weighted by atomic mass is 35.5. The Balaban J connectivity index is 1.40. The molecule has 2 amide bonds. The van der Waals surface area contributed by atoms with Crippen LogP contribution in [0.5, 0.6) is 5.75 Å². The number of hydrogen-bond acceptors (Lipinski definition) is 5. The summed E-state index contributed by atoms with van der Waals surface area (Å²) in [5.41, 5.74) is 4.64. The Hall–Kier alpha value is -2.28. The van der Waals surface area contributed by atoms with Crippen molar-refractivity contribution in [2.24, 2.45) is 17.8 Å². The summed E-state index contributed by atoms with van der Waals surface area (Å²) in [7, 11) is 1.42. The first kappa shape index (κ1) is 19.5. The maximum absolute atomic E-state index is 12.2. The lowest BCUT2D eigenvalue weighted by Gasteiger charge is -2.20. The molecule has 2 aliphatic carbocycles. The summed E-state index contributed by atoms with van der Waals surface area (Å²) in [6.07, 6.45) is 5.14. The lowest BCUT2D eigenvalue weighted by atomic mass is 9.86. The molecule has 27 heavy (non-hydrogen) atoms. The number of halogens is 1. The van der Waals surface area contributed by atoms with Crippen molar-refractivity contribution in [3.05, 3.63) is 28.8 Å². The zero-order valence-corrected chi connectivity index (χ0v) is 15.9. The number of rotatable bonds is 6. The van der Waals surface area contributed by atoms with E-state index in [0.29, 0.717) is 29.0 Å². The third-order valence-corrected chi connectivity index (χ3v) is 5.63. The van der Waals surface area contributed by atoms with Crippen molar-refractivity contribution >= 4 is 29.4 Å². The van der Waals surface area contributed by atoms with Crippen molar-refractivity contribution in [3.8, 4) is 5.75 Å². The molecule has 0 heterocycles. The summed E-state index contributed by atoms with van der Waals surface area (Å²) in [5, 5.41) is 0.363. The molecule has 7 nitrogen and oxygen atoms in total. The Morgan fingerprint density at radius 1 is 1.19 bits per heavy atom. The Morgan fingerprint density at radius 3 is 2.67 bits per heavy atom. The van der Waals surface area contributed by atoms with E-state index in [1.807, 2.05) is 0 Å². The second-order valence-corrected chi connectivity index (χ2v) is 7.58. The quantitative estimate of drug-likeness (QED) is 0.571. The van der Waals surface area contributed by atoms with E-state index in [2.05, 4.69) is 10.9 Å². The fraction of sp³-hybridized carbons (Fsp3) is 0.526. The largest absolute Gasteiger partial charge is 0.496 e. The zero-order valence-electron chi connectivity index (χ0n) is 15.1. The van der Waals surface area contributed by atoms with Gasteiger partial charge in [-0.3, -0.25) is 25.2 Å². The normalized spacial score (nSPS) is 23.0. The van der Waals surface area contributed by atoms with Crippen LogP contribution in [-0.2, 0) is 14.3 Å². The van der Waals surface area contributed by atoms with Gasteiger partial charge in [0.1, 0.15) is 5.75 Å². The van der Waals surface area contributed by atoms with Gasteiger partial charge in [-0.05, 0) is 55.2 Å². The number of carbonyl (C=O) groups excluding carboxylic acids is 3. The number of amides is 2. The van der Waals surface area contributed by atoms with E-state index in [9.17, 15) is 14.4 Å². The van der Waals surface area contributed by atoms with Crippen molar-refractivity contribution in [1.29, 1.82) is 0 Å². The molecule has 1 aromatic rings. The summed E-state index contributed by atoms with van der Waals surface area (Å²) < 4.78 is 10.1. The maximum Gasteiger partial charge on any atom is 0.306 e. The molecular formula is C19H23ClN2O5. The minimum Gasteiger partial charge on any atom is -0.496 e. The van der Waals surface area contributed by atoms with Gasteiger partial charge in [0.25, 0.3) is 11.8 Å². The molecular weight excluding hydrogens is 372 g/mol. The first-order chi connectivity index (χ1) is 13.0. The van der Waals surface area contributed by atoms with E-state index in [-0.39, 0.29) is 11.5 Å². The number of esters is 1. The van der Waals surface area contributed by atoms with E-state index in [4.69, 9.17) is 21.1 Å². The van der Waals surface area contributed by atoms with Gasteiger partial charge >= 0.3 is 5.97 Å². The number of carbonyl (C=O) groups is 3. The molecule has 2 fully saturated rings. The standard InChI is InChI=1S/C19H23ClN2O5/c1-26-16-5-4-14(20)9-15(16)19(25)22-21-17(23)10-27-18(24)8-13-7-11-2-3-12(13)6-11/h4-5,9,11-13H,2-3,6-8,10H2,1H3,(H,21,23)(H,22,25)/t11-,12-,13+/m1/s1. The molecule has 0 aliphatic heterocycles. The highest BCUT2D eigenvalue weighted by molar-refractivity contribution is 6.31. The number of fused-ring (bicyclic) bond motifs is 2. The summed E-state index contributed by atoms with van der Waals surface area (Å²) in [4.78, 5) is 35.9. The van der Waals surface area contributed by atoms with Crippen LogP contribution in [-0.4, -0.2) is 31.5 Å². The molecule has 0 radical (unpaired) electrons. The van der Waals surface area contributed by atoms with Crippen LogP contribution in [0.15, 0.2) is 18.2 Å². The molecule has 2 saturated carbocycles. The monoisotopic (exact) mass is 394 g/mol. The SMILES string of the molecule is COc1ccc(Cl)cc1C(=O)NNC(=O)COC(=O)C[C@@H]1C[C@@H]2CC[C@@H]1C2. The van der Waals surface area contributed by atoms with Gasteiger partial charge < -0.3 is 9.47 Å². The van der Waals surface area contributed by atoms with Crippen LogP contribution in [0.3, 0.4) is 0 Å². The Morgan fingerprint density at radius 2 is 2.00 bits per heavy atom. The minimum atomic E-state index is -0.620. The summed E-state index contributed by atoms with van der Waals surface area (Å²) in [6.45, 7) is -0.438. The number of benzene rings is 1. The lowest BCUT2D eigenvalue weighted by Crippen LogP contribution is -2.43. The van der Waals surface area contributed by atoms with E-state index in [0.717, 1.165) is 12.3 Å². The third kappa shape index (κ3) is 4.91. The molecule has 0 aromatic heterocycles. The molecule has 2 N–H and O–H groups in total. The maximum atomic E-state index is 12.2. The second kappa shape index (κ2) is 8.61. The average molecular weight is 395 g/mol. The predicted molar refractivity (Wildman–Crippen MR) is 98.1 cm³/mol. The van der Waals surface area contributed by atoms with Gasteiger partial charge in [-0.25, -0.2) is 0 Å². The van der Waals surface area contributed by atoms with E-state index in [1.165, 1.54) is 32.4 Å². The average Bonchev–Trinajstić information content (AvgIpc) is 3.27. The summed E-state index contributed by atoms with van der Waals surface area (Å²) >= 11 is 5.88. The Kier molecular flexibility index (Phi) is 6.21. The number of hydrazine groups is 1. The fourth-order valence-corrected chi connectivity index (χ4v) is 4.31. The molecule has 0 saturated heterocycles. The number of ether oxygens (including phenoxy) is 2. The van der Waals surface area contributed by atoms with Gasteiger partial charge in [-0.1, -0.05) is 18.0 Å². The molecule has 2 aliphatic rings. The van der Waals surface area contributed by atoms with Gasteiger partial charge in [-0.15, -0.1) is 0 Å². The van der Waals surface area contributed by atoms with E-state index < -0.39 is 18.4 Å². The first-order valence-electron chi connectivity index (χ1n) is 9.04. The van der Waals surface area contributed by atoms with Crippen LogP contribution in [0.1, 0.15) is 42.5 Å². The Labute approximate surface area is 162 Å². The van der Waals surface area contributed by atoms with Crippen molar-refractivity contribution < 1.29 is 23.9 Å². The van der Waals surface area contributed by atoms with Gasteiger partial charge in [0.2, 0.25) is 0 Å². The molecule has 0 spiro atoms. The van der Waals surface area contributed by atoms with E-state index >= 15 is 0 Å². The van der Waals surface area contributed by atoms with Gasteiger partial charge in [0.05, 0.1) is 12.7 Å². The van der Waals surface area contributed by atoms with Crippen molar-refractivity contribution in [2.75, 3.05) is 13.7 Å². The molecule has 3 atom stereocenters. The number of hydrogen-bond donors (Lipinski definition) is 2. The zero-order chi connectivity index (χ0) is 19.4. The lowest BCUT2D eigenvalue weighted by molar-refractivity contribution is -0.150. The number of methoxy groups -OCH3 is 1. The number of nitrogens with one attached hydrogen (secondary N) is 2. The van der Waals surface area contributed by atoms with Crippen LogP contribution in [0.4, 0.5) is 0 Å². The highest BCUT2D eigenvalue weighted by Gasteiger charge is 2.40. The second-order valence-electron chi connectivity index (χ2n) is 7.15. The molecule has 3 rings (SSSR count).